The summed E-state index contributed by atoms with van der Waals surface area (Å²) in [5.74, 6) is -0.526. The smallest absolute Gasteiger partial charge is 0.270 e. The second-order valence-electron chi connectivity index (χ2n) is 7.95. The lowest BCUT2D eigenvalue weighted by molar-refractivity contribution is -0.133. The van der Waals surface area contributed by atoms with Crippen LogP contribution < -0.4 is 0 Å². The lowest BCUT2D eigenvalue weighted by Crippen LogP contribution is -2.51. The summed E-state index contributed by atoms with van der Waals surface area (Å²) in [6.45, 7) is 2.02. The van der Waals surface area contributed by atoms with Crippen LogP contribution in [0.4, 0.5) is 4.39 Å². The molecule has 0 aliphatic carbocycles. The molecule has 33 heavy (non-hydrogen) atoms. The summed E-state index contributed by atoms with van der Waals surface area (Å²) in [4.78, 5) is 29.4. The van der Waals surface area contributed by atoms with E-state index in [0.29, 0.717) is 37.4 Å². The number of tetrazole rings is 1. The molecule has 0 saturated carbocycles. The molecule has 3 heterocycles. The third-order valence-corrected chi connectivity index (χ3v) is 5.92. The highest BCUT2D eigenvalue weighted by molar-refractivity contribution is 5.99. The number of hydrogen-bond acceptors (Lipinski definition) is 5. The number of carbonyl (C=O) groups is 2. The molecular weight excluding hydrogens is 425 g/mol. The molecule has 2 amide bonds. The van der Waals surface area contributed by atoms with Gasteiger partial charge < -0.3 is 14.4 Å². The number of nitrogens with zero attached hydrogens (tertiary/aromatic N) is 7. The van der Waals surface area contributed by atoms with E-state index >= 15 is 0 Å². The van der Waals surface area contributed by atoms with E-state index in [-0.39, 0.29) is 30.7 Å². The second kappa shape index (κ2) is 8.81. The summed E-state index contributed by atoms with van der Waals surface area (Å²) in [5, 5.41) is 11.7. The molecule has 1 aliphatic heterocycles. The van der Waals surface area contributed by atoms with Crippen molar-refractivity contribution in [2.45, 2.75) is 13.1 Å². The molecule has 0 bridgehead atoms. The van der Waals surface area contributed by atoms with Crippen LogP contribution >= 0.6 is 0 Å². The fraction of sp³-hybridized carbons (Fsp3) is 0.261. The first-order chi connectivity index (χ1) is 16.1. The monoisotopic (exact) mass is 447 g/mol. The molecule has 0 radical (unpaired) electrons. The van der Waals surface area contributed by atoms with Gasteiger partial charge in [0.1, 0.15) is 24.4 Å². The molecule has 4 aromatic rings. The second-order valence-corrected chi connectivity index (χ2v) is 7.95. The lowest BCUT2D eigenvalue weighted by Gasteiger charge is -2.34. The number of piperazine rings is 1. The van der Waals surface area contributed by atoms with E-state index in [1.807, 2.05) is 34.9 Å². The Labute approximate surface area is 189 Å². The highest BCUT2D eigenvalue weighted by Gasteiger charge is 2.27. The van der Waals surface area contributed by atoms with Crippen LogP contribution in [0.25, 0.3) is 10.9 Å². The summed E-state index contributed by atoms with van der Waals surface area (Å²) >= 11 is 0. The summed E-state index contributed by atoms with van der Waals surface area (Å²) < 4.78 is 17.6. The number of amides is 2. The minimum absolute atomic E-state index is 0.0673. The normalized spacial score (nSPS) is 14.1. The lowest BCUT2D eigenvalue weighted by atomic mass is 10.2. The predicted molar refractivity (Wildman–Crippen MR) is 118 cm³/mol. The Morgan fingerprint density at radius 2 is 1.67 bits per heavy atom. The van der Waals surface area contributed by atoms with Gasteiger partial charge in [-0.25, -0.2) is 9.07 Å². The van der Waals surface area contributed by atoms with Crippen LogP contribution in [0.3, 0.4) is 0 Å². The molecule has 0 atom stereocenters. The zero-order valence-electron chi connectivity index (χ0n) is 17.8. The van der Waals surface area contributed by atoms with Gasteiger partial charge in [0.25, 0.3) is 5.91 Å². The summed E-state index contributed by atoms with van der Waals surface area (Å²) in [7, 11) is 0. The van der Waals surface area contributed by atoms with E-state index < -0.39 is 0 Å². The maximum Gasteiger partial charge on any atom is 0.270 e. The maximum absolute atomic E-state index is 14.4. The average molecular weight is 447 g/mol. The third kappa shape index (κ3) is 4.19. The summed E-state index contributed by atoms with van der Waals surface area (Å²) in [5.41, 5.74) is 1.90. The van der Waals surface area contributed by atoms with E-state index in [2.05, 4.69) is 15.5 Å². The highest BCUT2D eigenvalue weighted by atomic mass is 19.1. The first-order valence-electron chi connectivity index (χ1n) is 10.7. The van der Waals surface area contributed by atoms with Crippen molar-refractivity contribution in [3.05, 3.63) is 78.0 Å². The van der Waals surface area contributed by atoms with E-state index in [1.165, 1.54) is 17.1 Å². The molecular formula is C23H22FN7O2. The van der Waals surface area contributed by atoms with Crippen LogP contribution in [0.2, 0.25) is 0 Å². The molecule has 1 aliphatic rings. The maximum atomic E-state index is 14.4. The molecule has 0 spiro atoms. The largest absolute Gasteiger partial charge is 0.338 e. The first-order valence-corrected chi connectivity index (χ1v) is 10.7. The average Bonchev–Trinajstić information content (AvgIpc) is 3.48. The van der Waals surface area contributed by atoms with Crippen LogP contribution in [0, 0.1) is 5.82 Å². The molecule has 2 aromatic carbocycles. The van der Waals surface area contributed by atoms with Crippen molar-refractivity contribution in [3.63, 3.8) is 0 Å². The SMILES string of the molecule is O=C(Cn1cnnn1)N1CCN(C(=O)c2cc3ccccc3n2Cc2ccccc2F)CC1. The molecule has 1 saturated heterocycles. The quantitative estimate of drug-likeness (QED) is 0.466. The molecule has 9 nitrogen and oxygen atoms in total. The number of carbonyl (C=O) groups excluding carboxylic acids is 2. The van der Waals surface area contributed by atoms with E-state index in [1.54, 1.807) is 28.0 Å². The number of benzene rings is 2. The zero-order chi connectivity index (χ0) is 22.8. The fourth-order valence-electron chi connectivity index (χ4n) is 4.17. The molecule has 0 N–H and O–H groups in total. The Morgan fingerprint density at radius 3 is 2.42 bits per heavy atom. The molecule has 0 unspecified atom stereocenters. The number of aromatic nitrogens is 5. The van der Waals surface area contributed by atoms with Gasteiger partial charge in [0.15, 0.2) is 0 Å². The van der Waals surface area contributed by atoms with Crippen molar-refractivity contribution in [1.29, 1.82) is 0 Å². The molecule has 1 fully saturated rings. The third-order valence-electron chi connectivity index (χ3n) is 5.92. The predicted octanol–water partition coefficient (Wildman–Crippen LogP) is 1.80. The van der Waals surface area contributed by atoms with E-state index in [4.69, 9.17) is 0 Å². The van der Waals surface area contributed by atoms with Crippen molar-refractivity contribution < 1.29 is 14.0 Å². The van der Waals surface area contributed by atoms with E-state index in [0.717, 1.165) is 10.9 Å². The van der Waals surface area contributed by atoms with Crippen molar-refractivity contribution in [2.75, 3.05) is 26.2 Å². The number of rotatable bonds is 5. The molecule has 5 rings (SSSR count). The van der Waals surface area contributed by atoms with Gasteiger partial charge in [-0.2, -0.15) is 0 Å². The fourth-order valence-corrected chi connectivity index (χ4v) is 4.17. The van der Waals surface area contributed by atoms with Gasteiger partial charge >= 0.3 is 0 Å². The van der Waals surface area contributed by atoms with Crippen LogP contribution in [0.15, 0.2) is 60.9 Å². The first kappa shape index (κ1) is 20.8. The minimum Gasteiger partial charge on any atom is -0.338 e. The number of para-hydroxylation sites is 1. The molecule has 168 valence electrons. The Morgan fingerprint density at radius 1 is 0.939 bits per heavy atom. The summed E-state index contributed by atoms with van der Waals surface area (Å²) in [6, 6.07) is 16.1. The summed E-state index contributed by atoms with van der Waals surface area (Å²) in [6.07, 6.45) is 1.39. The van der Waals surface area contributed by atoms with Gasteiger partial charge in [-0.05, 0) is 28.6 Å². The topological polar surface area (TPSA) is 89.2 Å². The van der Waals surface area contributed by atoms with Crippen LogP contribution in [-0.4, -0.2) is 72.6 Å². The number of hydrogen-bond donors (Lipinski definition) is 0. The van der Waals surface area contributed by atoms with Gasteiger partial charge in [-0.15, -0.1) is 5.10 Å². The van der Waals surface area contributed by atoms with Crippen molar-refractivity contribution in [1.82, 2.24) is 34.6 Å². The van der Waals surface area contributed by atoms with E-state index in [9.17, 15) is 14.0 Å². The van der Waals surface area contributed by atoms with Crippen LogP contribution in [-0.2, 0) is 17.9 Å². The number of fused-ring (bicyclic) bond motifs is 1. The molecule has 2 aromatic heterocycles. The van der Waals surface area contributed by atoms with Crippen molar-refractivity contribution in [2.24, 2.45) is 0 Å². The van der Waals surface area contributed by atoms with Crippen LogP contribution in [0.5, 0.6) is 0 Å². The minimum atomic E-state index is -0.302. The van der Waals surface area contributed by atoms with Crippen molar-refractivity contribution in [3.8, 4) is 0 Å². The van der Waals surface area contributed by atoms with Crippen LogP contribution in [0.1, 0.15) is 16.1 Å². The van der Waals surface area contributed by atoms with Gasteiger partial charge in [-0.1, -0.05) is 36.4 Å². The Balaban J connectivity index is 1.34. The standard InChI is InChI=1S/C23H22FN7O2/c24-19-7-3-1-6-18(19)14-31-20-8-4-2-5-17(20)13-21(31)23(33)29-11-9-28(10-12-29)22(32)15-30-16-25-26-27-30/h1-8,13,16H,9-12,14-15H2. The zero-order valence-corrected chi connectivity index (χ0v) is 17.8. The Kier molecular flexibility index (Phi) is 5.55. The molecule has 10 heteroatoms. The Hall–Kier alpha value is -4.08. The van der Waals surface area contributed by atoms with Gasteiger partial charge in [0, 0.05) is 42.6 Å². The van der Waals surface area contributed by atoms with Gasteiger partial charge in [0.2, 0.25) is 5.91 Å². The number of halogens is 1. The van der Waals surface area contributed by atoms with Crippen molar-refractivity contribution >= 4 is 22.7 Å². The van der Waals surface area contributed by atoms with Gasteiger partial charge in [0.05, 0.1) is 6.54 Å². The van der Waals surface area contributed by atoms with Gasteiger partial charge in [-0.3, -0.25) is 9.59 Å². The Bertz CT molecular complexity index is 1290. The highest BCUT2D eigenvalue weighted by Crippen LogP contribution is 2.24.